The average Bonchev–Trinajstić information content (AvgIpc) is 3.14. The summed E-state index contributed by atoms with van der Waals surface area (Å²) in [6, 6.07) is 22.6. The fourth-order valence-electron chi connectivity index (χ4n) is 4.36. The molecule has 0 radical (unpaired) electrons. The van der Waals surface area contributed by atoms with Crippen LogP contribution in [0.3, 0.4) is 0 Å². The van der Waals surface area contributed by atoms with Crippen molar-refractivity contribution in [1.29, 1.82) is 0 Å². The summed E-state index contributed by atoms with van der Waals surface area (Å²) in [7, 11) is 0. The van der Waals surface area contributed by atoms with Gasteiger partial charge in [-0.2, -0.15) is 0 Å². The maximum Gasteiger partial charge on any atom is 0.407 e. The van der Waals surface area contributed by atoms with Crippen LogP contribution in [-0.2, 0) is 16.0 Å². The van der Waals surface area contributed by atoms with Gasteiger partial charge < -0.3 is 19.9 Å². The van der Waals surface area contributed by atoms with Crippen molar-refractivity contribution in [3.63, 3.8) is 0 Å². The Morgan fingerprint density at radius 1 is 0.912 bits per heavy atom. The number of alkyl carbamates (subject to hydrolysis) is 1. The Labute approximate surface area is 199 Å². The summed E-state index contributed by atoms with van der Waals surface area (Å²) in [5.41, 5.74) is 5.46. The first-order valence-corrected chi connectivity index (χ1v) is 11.5. The van der Waals surface area contributed by atoms with Gasteiger partial charge in [-0.25, -0.2) is 9.59 Å². The van der Waals surface area contributed by atoms with E-state index in [1.807, 2.05) is 74.5 Å². The highest BCUT2D eigenvalue weighted by atomic mass is 16.5. The number of hydrogen-bond donors (Lipinski definition) is 2. The number of hydrogen-bond acceptors (Lipinski definition) is 4. The number of ether oxygens (including phenoxy) is 2. The summed E-state index contributed by atoms with van der Waals surface area (Å²) in [6.45, 7) is 4.06. The molecule has 2 N–H and O–H groups in total. The second-order valence-corrected chi connectivity index (χ2v) is 8.71. The normalized spacial score (nSPS) is 13.1. The molecule has 0 bridgehead atoms. The number of carboxylic acids is 1. The first kappa shape index (κ1) is 23.4. The van der Waals surface area contributed by atoms with E-state index in [-0.39, 0.29) is 25.0 Å². The molecule has 6 nitrogen and oxygen atoms in total. The van der Waals surface area contributed by atoms with Gasteiger partial charge in [0.2, 0.25) is 0 Å². The van der Waals surface area contributed by atoms with Gasteiger partial charge in [-0.3, -0.25) is 0 Å². The molecule has 3 aromatic carbocycles. The molecule has 0 saturated heterocycles. The minimum atomic E-state index is -1.09. The Hall–Kier alpha value is -3.80. The first-order chi connectivity index (χ1) is 16.4. The SMILES string of the molecule is CC(C)Oc1ccc(CCC(NC(=O)OCC2c3ccccc3-c3ccccc32)C(=O)O)cc1. The summed E-state index contributed by atoms with van der Waals surface area (Å²) >= 11 is 0. The van der Waals surface area contributed by atoms with Crippen LogP contribution in [0.4, 0.5) is 4.79 Å². The van der Waals surface area contributed by atoms with E-state index in [1.54, 1.807) is 0 Å². The second-order valence-electron chi connectivity index (χ2n) is 8.71. The van der Waals surface area contributed by atoms with E-state index in [0.717, 1.165) is 33.6 Å². The highest BCUT2D eigenvalue weighted by Crippen LogP contribution is 2.44. The summed E-state index contributed by atoms with van der Waals surface area (Å²) < 4.78 is 11.1. The number of carbonyl (C=O) groups excluding carboxylic acids is 1. The van der Waals surface area contributed by atoms with Crippen molar-refractivity contribution in [1.82, 2.24) is 5.32 Å². The van der Waals surface area contributed by atoms with Gasteiger partial charge >= 0.3 is 12.1 Å². The van der Waals surface area contributed by atoms with Gasteiger partial charge in [-0.05, 0) is 66.6 Å². The van der Waals surface area contributed by atoms with Crippen LogP contribution in [-0.4, -0.2) is 35.9 Å². The van der Waals surface area contributed by atoms with Crippen LogP contribution in [0, 0.1) is 0 Å². The zero-order valence-electron chi connectivity index (χ0n) is 19.4. The lowest BCUT2D eigenvalue weighted by Crippen LogP contribution is -2.41. The Morgan fingerprint density at radius 2 is 1.50 bits per heavy atom. The van der Waals surface area contributed by atoms with Crippen LogP contribution in [0.1, 0.15) is 42.9 Å². The maximum atomic E-state index is 12.5. The van der Waals surface area contributed by atoms with Gasteiger partial charge in [-0.1, -0.05) is 60.7 Å². The monoisotopic (exact) mass is 459 g/mol. The standard InChI is InChI=1S/C28H29NO5/c1-18(2)34-20-14-11-19(12-15-20)13-16-26(27(30)31)29-28(32)33-17-25-23-9-5-3-7-21(23)22-8-4-6-10-24(22)25/h3-12,14-15,18,25-26H,13,16-17H2,1-2H3,(H,29,32)(H,30,31). The molecule has 6 heteroatoms. The number of carbonyl (C=O) groups is 2. The predicted octanol–water partition coefficient (Wildman–Crippen LogP) is 5.40. The molecule has 1 aliphatic rings. The second kappa shape index (κ2) is 10.4. The number of carboxylic acid groups (broad SMARTS) is 1. The molecule has 0 spiro atoms. The molecule has 1 unspecified atom stereocenters. The lowest BCUT2D eigenvalue weighted by atomic mass is 9.98. The van der Waals surface area contributed by atoms with Gasteiger partial charge in [0.15, 0.2) is 0 Å². The van der Waals surface area contributed by atoms with Gasteiger partial charge in [0.1, 0.15) is 18.4 Å². The fraction of sp³-hybridized carbons (Fsp3) is 0.286. The third kappa shape index (κ3) is 5.39. The lowest BCUT2D eigenvalue weighted by Gasteiger charge is -2.17. The minimum Gasteiger partial charge on any atom is -0.491 e. The third-order valence-corrected chi connectivity index (χ3v) is 5.95. The molecule has 0 heterocycles. The topological polar surface area (TPSA) is 84.9 Å². The third-order valence-electron chi connectivity index (χ3n) is 5.95. The molecule has 0 aliphatic heterocycles. The smallest absolute Gasteiger partial charge is 0.407 e. The number of nitrogens with one attached hydrogen (secondary N) is 1. The molecular formula is C28H29NO5. The summed E-state index contributed by atoms with van der Waals surface area (Å²) in [4.78, 5) is 24.2. The number of aryl methyl sites for hydroxylation is 1. The van der Waals surface area contributed by atoms with E-state index in [0.29, 0.717) is 6.42 Å². The number of benzene rings is 3. The summed E-state index contributed by atoms with van der Waals surface area (Å²) in [5, 5.41) is 12.1. The van der Waals surface area contributed by atoms with E-state index in [9.17, 15) is 14.7 Å². The quantitative estimate of drug-likeness (QED) is 0.448. The molecule has 0 saturated carbocycles. The maximum absolute atomic E-state index is 12.5. The fourth-order valence-corrected chi connectivity index (χ4v) is 4.36. The average molecular weight is 460 g/mol. The largest absolute Gasteiger partial charge is 0.491 e. The number of aliphatic carboxylic acids is 1. The summed E-state index contributed by atoms with van der Waals surface area (Å²) in [5.74, 6) is -0.397. The van der Waals surface area contributed by atoms with Gasteiger partial charge in [0, 0.05) is 5.92 Å². The van der Waals surface area contributed by atoms with E-state index in [2.05, 4.69) is 17.4 Å². The van der Waals surface area contributed by atoms with Crippen molar-refractivity contribution in [3.05, 3.63) is 89.5 Å². The van der Waals surface area contributed by atoms with E-state index < -0.39 is 18.1 Å². The van der Waals surface area contributed by atoms with Crippen molar-refractivity contribution in [2.75, 3.05) is 6.61 Å². The van der Waals surface area contributed by atoms with Crippen LogP contribution in [0.15, 0.2) is 72.8 Å². The van der Waals surface area contributed by atoms with Crippen molar-refractivity contribution < 1.29 is 24.2 Å². The lowest BCUT2D eigenvalue weighted by molar-refractivity contribution is -0.139. The zero-order chi connectivity index (χ0) is 24.1. The Bertz CT molecular complexity index is 1110. The Balaban J connectivity index is 1.34. The first-order valence-electron chi connectivity index (χ1n) is 11.5. The molecule has 3 aromatic rings. The van der Waals surface area contributed by atoms with Gasteiger partial charge in [0.25, 0.3) is 0 Å². The van der Waals surface area contributed by atoms with Gasteiger partial charge in [0.05, 0.1) is 6.10 Å². The van der Waals surface area contributed by atoms with Crippen LogP contribution < -0.4 is 10.1 Å². The van der Waals surface area contributed by atoms with Crippen molar-refractivity contribution >= 4 is 12.1 Å². The van der Waals surface area contributed by atoms with Crippen molar-refractivity contribution in [2.24, 2.45) is 0 Å². The molecular weight excluding hydrogens is 430 g/mol. The van der Waals surface area contributed by atoms with E-state index in [1.165, 1.54) is 0 Å². The van der Waals surface area contributed by atoms with Gasteiger partial charge in [-0.15, -0.1) is 0 Å². The number of amides is 1. The van der Waals surface area contributed by atoms with E-state index in [4.69, 9.17) is 9.47 Å². The van der Waals surface area contributed by atoms with Crippen LogP contribution in [0.5, 0.6) is 5.75 Å². The Morgan fingerprint density at radius 3 is 2.06 bits per heavy atom. The van der Waals surface area contributed by atoms with E-state index >= 15 is 0 Å². The molecule has 0 fully saturated rings. The summed E-state index contributed by atoms with van der Waals surface area (Å²) in [6.07, 6.45) is 0.116. The molecule has 1 atom stereocenters. The molecule has 176 valence electrons. The number of fused-ring (bicyclic) bond motifs is 3. The molecule has 4 rings (SSSR count). The number of rotatable bonds is 9. The van der Waals surface area contributed by atoms with Crippen molar-refractivity contribution in [2.45, 2.75) is 44.8 Å². The van der Waals surface area contributed by atoms with Crippen LogP contribution in [0.2, 0.25) is 0 Å². The van der Waals surface area contributed by atoms with Crippen LogP contribution >= 0.6 is 0 Å². The molecule has 0 aromatic heterocycles. The highest BCUT2D eigenvalue weighted by Gasteiger charge is 2.29. The molecule has 34 heavy (non-hydrogen) atoms. The Kier molecular flexibility index (Phi) is 7.16. The van der Waals surface area contributed by atoms with Crippen molar-refractivity contribution in [3.8, 4) is 16.9 Å². The zero-order valence-corrected chi connectivity index (χ0v) is 19.4. The predicted molar refractivity (Wildman–Crippen MR) is 130 cm³/mol. The highest BCUT2D eigenvalue weighted by molar-refractivity contribution is 5.81. The molecule has 1 aliphatic carbocycles. The van der Waals surface area contributed by atoms with Crippen LogP contribution in [0.25, 0.3) is 11.1 Å². The minimum absolute atomic E-state index is 0.0759. The molecule has 1 amide bonds.